The van der Waals surface area contributed by atoms with Crippen molar-refractivity contribution in [1.29, 1.82) is 0 Å². The Bertz CT molecular complexity index is 833. The van der Waals surface area contributed by atoms with Gasteiger partial charge in [-0.2, -0.15) is 0 Å². The number of nitrogens with two attached hydrogens (primary N) is 1. The number of nitrogens with zero attached hydrogens (tertiary/aromatic N) is 1. The predicted molar refractivity (Wildman–Crippen MR) is 95.9 cm³/mol. The topological polar surface area (TPSA) is 47.6 Å². The second-order valence-corrected chi connectivity index (χ2v) is 5.87. The lowest BCUT2D eigenvalue weighted by Gasteiger charge is -2.13. The van der Waals surface area contributed by atoms with Gasteiger partial charge >= 0.3 is 0 Å². The number of allylic oxidation sites excluding steroid dienone is 1. The maximum absolute atomic E-state index is 6.10. The van der Waals surface area contributed by atoms with Crippen molar-refractivity contribution in [3.8, 4) is 11.1 Å². The molecule has 1 aliphatic heterocycles. The van der Waals surface area contributed by atoms with Crippen molar-refractivity contribution in [3.05, 3.63) is 77.8 Å². The SMILES string of the molecule is C=C1O/C(N)=C(/N=C(\C)Cl)Cc2ccccc2-c2ccccc21. The number of benzene rings is 2. The Morgan fingerprint density at radius 3 is 2.39 bits per heavy atom. The summed E-state index contributed by atoms with van der Waals surface area (Å²) in [6.07, 6.45) is 0.535. The molecule has 3 rings (SSSR count). The van der Waals surface area contributed by atoms with Crippen LogP contribution in [0.2, 0.25) is 0 Å². The highest BCUT2D eigenvalue weighted by molar-refractivity contribution is 6.64. The summed E-state index contributed by atoms with van der Waals surface area (Å²) in [5.41, 5.74) is 10.9. The van der Waals surface area contributed by atoms with Crippen molar-refractivity contribution >= 4 is 22.5 Å². The summed E-state index contributed by atoms with van der Waals surface area (Å²) in [5.74, 6) is 0.719. The highest BCUT2D eigenvalue weighted by atomic mass is 35.5. The largest absolute Gasteiger partial charge is 0.440 e. The van der Waals surface area contributed by atoms with Gasteiger partial charge in [0.2, 0.25) is 5.88 Å². The Morgan fingerprint density at radius 1 is 1.09 bits per heavy atom. The molecule has 0 radical (unpaired) electrons. The van der Waals surface area contributed by atoms with Crippen LogP contribution in [-0.4, -0.2) is 5.17 Å². The smallest absolute Gasteiger partial charge is 0.212 e. The first-order valence-electron chi connectivity index (χ1n) is 7.30. The molecule has 0 saturated carbocycles. The lowest BCUT2D eigenvalue weighted by molar-refractivity contribution is 0.370. The van der Waals surface area contributed by atoms with Gasteiger partial charge in [0.1, 0.15) is 16.6 Å². The summed E-state index contributed by atoms with van der Waals surface area (Å²) >= 11 is 5.95. The van der Waals surface area contributed by atoms with Gasteiger partial charge in [-0.3, -0.25) is 0 Å². The van der Waals surface area contributed by atoms with Crippen molar-refractivity contribution < 1.29 is 4.74 Å². The maximum Gasteiger partial charge on any atom is 0.212 e. The standard InChI is InChI=1S/C19H17ClN2O/c1-12-15-8-5-6-10-17(15)16-9-4-3-7-14(16)11-18(19(21)23-12)22-13(2)20/h3-10H,1,11,21H2,2H3/b19-18+,22-13+. The van der Waals surface area contributed by atoms with Crippen molar-refractivity contribution in [2.75, 3.05) is 0 Å². The van der Waals surface area contributed by atoms with Gasteiger partial charge < -0.3 is 10.5 Å². The highest BCUT2D eigenvalue weighted by Crippen LogP contribution is 2.35. The Kier molecular flexibility index (Phi) is 4.22. The molecule has 23 heavy (non-hydrogen) atoms. The van der Waals surface area contributed by atoms with Crippen LogP contribution in [0.3, 0.4) is 0 Å². The molecule has 0 saturated heterocycles. The fourth-order valence-corrected chi connectivity index (χ4v) is 2.80. The number of rotatable bonds is 1. The first-order valence-corrected chi connectivity index (χ1v) is 7.68. The lowest BCUT2D eigenvalue weighted by atomic mass is 9.93. The third-order valence-corrected chi connectivity index (χ3v) is 3.78. The molecule has 1 aliphatic rings. The van der Waals surface area contributed by atoms with Crippen molar-refractivity contribution in [1.82, 2.24) is 0 Å². The quantitative estimate of drug-likeness (QED) is 0.774. The molecular formula is C19H17ClN2O. The Hall–Kier alpha value is -2.52. The second-order valence-electron chi connectivity index (χ2n) is 5.32. The van der Waals surface area contributed by atoms with Crippen molar-refractivity contribution in [2.24, 2.45) is 10.7 Å². The van der Waals surface area contributed by atoms with E-state index >= 15 is 0 Å². The first kappa shape index (κ1) is 15.4. The van der Waals surface area contributed by atoms with E-state index in [4.69, 9.17) is 22.1 Å². The molecule has 0 unspecified atom stereocenters. The van der Waals surface area contributed by atoms with Crippen molar-refractivity contribution in [3.63, 3.8) is 0 Å². The lowest BCUT2D eigenvalue weighted by Crippen LogP contribution is -2.07. The van der Waals surface area contributed by atoms with Gasteiger partial charge in [-0.15, -0.1) is 0 Å². The van der Waals surface area contributed by atoms with Gasteiger partial charge in [0.05, 0.1) is 0 Å². The fourth-order valence-electron chi connectivity index (χ4n) is 2.69. The summed E-state index contributed by atoms with van der Waals surface area (Å²) < 4.78 is 5.74. The summed E-state index contributed by atoms with van der Waals surface area (Å²) in [6, 6.07) is 16.1. The zero-order valence-electron chi connectivity index (χ0n) is 12.8. The van der Waals surface area contributed by atoms with E-state index < -0.39 is 0 Å². The van der Waals surface area contributed by atoms with Gasteiger partial charge in [-0.1, -0.05) is 66.7 Å². The number of hydrogen-bond donors (Lipinski definition) is 1. The van der Waals surface area contributed by atoms with Crippen LogP contribution in [0.4, 0.5) is 0 Å². The zero-order valence-corrected chi connectivity index (χ0v) is 13.6. The maximum atomic E-state index is 6.10. The minimum absolute atomic E-state index is 0.224. The van der Waals surface area contributed by atoms with Crippen molar-refractivity contribution in [2.45, 2.75) is 13.3 Å². The van der Waals surface area contributed by atoms with Gasteiger partial charge in [0.25, 0.3) is 0 Å². The molecule has 116 valence electrons. The predicted octanol–water partition coefficient (Wildman–Crippen LogP) is 4.68. The molecule has 2 aromatic rings. The molecule has 2 N–H and O–H groups in total. The van der Waals surface area contributed by atoms with Crippen LogP contribution < -0.4 is 5.73 Å². The molecule has 2 aromatic carbocycles. The molecule has 0 aromatic heterocycles. The van der Waals surface area contributed by atoms with E-state index in [1.165, 1.54) is 0 Å². The molecule has 0 amide bonds. The van der Waals surface area contributed by atoms with Crippen LogP contribution in [-0.2, 0) is 11.2 Å². The third-order valence-electron chi connectivity index (χ3n) is 3.70. The summed E-state index contributed by atoms with van der Waals surface area (Å²) in [7, 11) is 0. The molecular weight excluding hydrogens is 308 g/mol. The molecule has 0 spiro atoms. The van der Waals surface area contributed by atoms with E-state index in [1.807, 2.05) is 30.3 Å². The average Bonchev–Trinajstić information content (AvgIpc) is 2.57. The van der Waals surface area contributed by atoms with Gasteiger partial charge in [-0.05, 0) is 23.6 Å². The Morgan fingerprint density at radius 2 is 1.70 bits per heavy atom. The normalized spacial score (nSPS) is 18.2. The molecule has 0 atom stereocenters. The molecule has 0 bridgehead atoms. The first-order chi connectivity index (χ1) is 11.1. The van der Waals surface area contributed by atoms with Crippen LogP contribution in [0, 0.1) is 0 Å². The number of hydrogen-bond acceptors (Lipinski definition) is 3. The monoisotopic (exact) mass is 324 g/mol. The number of ether oxygens (including phenoxy) is 1. The Balaban J connectivity index is 2.26. The third kappa shape index (κ3) is 3.15. The average molecular weight is 325 g/mol. The van der Waals surface area contributed by atoms with E-state index in [2.05, 4.69) is 29.8 Å². The van der Waals surface area contributed by atoms with Gasteiger partial charge in [0, 0.05) is 12.0 Å². The minimum atomic E-state index is 0.224. The Labute approximate surface area is 140 Å². The minimum Gasteiger partial charge on any atom is -0.440 e. The number of halogens is 1. The molecule has 4 heteroatoms. The van der Waals surface area contributed by atoms with E-state index in [1.54, 1.807) is 6.92 Å². The number of aliphatic imine (C=N–C) groups is 1. The van der Waals surface area contributed by atoms with E-state index in [0.717, 1.165) is 22.3 Å². The second kappa shape index (κ2) is 6.31. The van der Waals surface area contributed by atoms with Crippen LogP contribution in [0.5, 0.6) is 0 Å². The summed E-state index contributed by atoms with van der Waals surface area (Å²) in [4.78, 5) is 4.33. The zero-order chi connectivity index (χ0) is 16.4. The van der Waals surface area contributed by atoms with Crippen LogP contribution >= 0.6 is 11.6 Å². The molecule has 3 nitrogen and oxygen atoms in total. The molecule has 0 aliphatic carbocycles. The fraction of sp³-hybridized carbons (Fsp3) is 0.105. The van der Waals surface area contributed by atoms with Gasteiger partial charge in [-0.25, -0.2) is 4.99 Å². The summed E-state index contributed by atoms with van der Waals surface area (Å²) in [5, 5.41) is 0.409. The molecule has 1 heterocycles. The van der Waals surface area contributed by atoms with E-state index in [-0.39, 0.29) is 5.88 Å². The molecule has 0 fully saturated rings. The summed E-state index contributed by atoms with van der Waals surface area (Å²) in [6.45, 7) is 5.73. The number of fused-ring (bicyclic) bond motifs is 3. The van der Waals surface area contributed by atoms with Gasteiger partial charge in [0.15, 0.2) is 0 Å². The van der Waals surface area contributed by atoms with Crippen LogP contribution in [0.1, 0.15) is 18.1 Å². The van der Waals surface area contributed by atoms with E-state index in [9.17, 15) is 0 Å². The van der Waals surface area contributed by atoms with Crippen LogP contribution in [0.25, 0.3) is 16.9 Å². The van der Waals surface area contributed by atoms with E-state index in [0.29, 0.717) is 23.0 Å². The van der Waals surface area contributed by atoms with Crippen LogP contribution in [0.15, 0.2) is 71.7 Å². The highest BCUT2D eigenvalue weighted by Gasteiger charge is 2.18.